The van der Waals surface area contributed by atoms with Crippen molar-refractivity contribution in [1.29, 1.82) is 0 Å². The van der Waals surface area contributed by atoms with Crippen molar-refractivity contribution in [2.45, 2.75) is 13.3 Å². The summed E-state index contributed by atoms with van der Waals surface area (Å²) in [4.78, 5) is 0. The lowest BCUT2D eigenvalue weighted by atomic mass is 10.1. The van der Waals surface area contributed by atoms with E-state index in [1.54, 1.807) is 6.92 Å². The van der Waals surface area contributed by atoms with Gasteiger partial charge in [-0.1, -0.05) is 6.92 Å². The first-order valence-electron chi connectivity index (χ1n) is 4.35. The SMILES string of the molecule is CCc1c(F)cc(OCCCl)cc1F. The Labute approximate surface area is 86.6 Å². The fourth-order valence-corrected chi connectivity index (χ4v) is 1.23. The number of ether oxygens (including phenoxy) is 1. The Morgan fingerprint density at radius 3 is 2.29 bits per heavy atom. The van der Waals surface area contributed by atoms with Crippen molar-refractivity contribution in [3.8, 4) is 5.75 Å². The standard InChI is InChI=1S/C10H11ClF2O/c1-2-8-9(12)5-7(6-10(8)13)14-4-3-11/h5-6H,2-4H2,1H3. The third-order valence-electron chi connectivity index (χ3n) is 1.81. The molecule has 0 aliphatic heterocycles. The highest BCUT2D eigenvalue weighted by Crippen LogP contribution is 2.20. The Morgan fingerprint density at radius 1 is 1.29 bits per heavy atom. The quantitative estimate of drug-likeness (QED) is 0.709. The molecule has 0 aliphatic carbocycles. The molecule has 0 radical (unpaired) electrons. The molecule has 0 atom stereocenters. The molecule has 0 spiro atoms. The number of hydrogen-bond acceptors (Lipinski definition) is 1. The van der Waals surface area contributed by atoms with E-state index in [4.69, 9.17) is 16.3 Å². The Hall–Kier alpha value is -0.830. The zero-order chi connectivity index (χ0) is 10.6. The highest BCUT2D eigenvalue weighted by Gasteiger charge is 2.09. The van der Waals surface area contributed by atoms with Gasteiger partial charge in [0.2, 0.25) is 0 Å². The van der Waals surface area contributed by atoms with E-state index in [9.17, 15) is 8.78 Å². The molecule has 1 nitrogen and oxygen atoms in total. The van der Waals surface area contributed by atoms with Crippen molar-refractivity contribution in [3.05, 3.63) is 29.3 Å². The second kappa shape index (κ2) is 5.15. The van der Waals surface area contributed by atoms with Gasteiger partial charge in [-0.2, -0.15) is 0 Å². The average Bonchev–Trinajstić information content (AvgIpc) is 2.14. The maximum atomic E-state index is 13.2. The van der Waals surface area contributed by atoms with E-state index in [0.717, 1.165) is 0 Å². The van der Waals surface area contributed by atoms with Crippen molar-refractivity contribution in [2.24, 2.45) is 0 Å². The van der Waals surface area contributed by atoms with Crippen LogP contribution in [0.15, 0.2) is 12.1 Å². The molecule has 0 aliphatic rings. The lowest BCUT2D eigenvalue weighted by Crippen LogP contribution is -2.01. The molecule has 0 fully saturated rings. The molecular formula is C10H11ClF2O. The lowest BCUT2D eigenvalue weighted by molar-refractivity contribution is 0.337. The predicted octanol–water partition coefficient (Wildman–Crippen LogP) is 3.14. The molecule has 1 rings (SSSR count). The highest BCUT2D eigenvalue weighted by molar-refractivity contribution is 6.17. The summed E-state index contributed by atoms with van der Waals surface area (Å²) < 4.78 is 31.4. The molecule has 0 saturated heterocycles. The summed E-state index contributed by atoms with van der Waals surface area (Å²) in [6.45, 7) is 1.94. The van der Waals surface area contributed by atoms with Crippen LogP contribution in [-0.2, 0) is 6.42 Å². The summed E-state index contributed by atoms with van der Waals surface area (Å²) in [5.74, 6) is -0.675. The second-order valence-electron chi connectivity index (χ2n) is 2.76. The van der Waals surface area contributed by atoms with Gasteiger partial charge in [-0.3, -0.25) is 0 Å². The largest absolute Gasteiger partial charge is 0.492 e. The summed E-state index contributed by atoms with van der Waals surface area (Å²) in [6, 6.07) is 2.35. The summed E-state index contributed by atoms with van der Waals surface area (Å²) in [5.41, 5.74) is 0.0863. The van der Waals surface area contributed by atoms with Crippen LogP contribution in [0.1, 0.15) is 12.5 Å². The van der Waals surface area contributed by atoms with Crippen LogP contribution < -0.4 is 4.74 Å². The minimum absolute atomic E-state index is 0.0863. The minimum Gasteiger partial charge on any atom is -0.492 e. The molecule has 0 unspecified atom stereocenters. The first-order chi connectivity index (χ1) is 6.69. The van der Waals surface area contributed by atoms with Crippen LogP contribution >= 0.6 is 11.6 Å². The highest BCUT2D eigenvalue weighted by atomic mass is 35.5. The number of hydrogen-bond donors (Lipinski definition) is 0. The molecule has 14 heavy (non-hydrogen) atoms. The predicted molar refractivity (Wildman–Crippen MR) is 52.0 cm³/mol. The Morgan fingerprint density at radius 2 is 1.86 bits per heavy atom. The molecule has 0 bridgehead atoms. The van der Waals surface area contributed by atoms with E-state index < -0.39 is 11.6 Å². The molecule has 4 heteroatoms. The third kappa shape index (κ3) is 2.58. The average molecular weight is 221 g/mol. The molecule has 0 aromatic heterocycles. The van der Waals surface area contributed by atoms with Gasteiger partial charge in [-0.15, -0.1) is 11.6 Å². The number of benzene rings is 1. The van der Waals surface area contributed by atoms with E-state index in [0.29, 0.717) is 12.3 Å². The molecule has 1 aromatic carbocycles. The van der Waals surface area contributed by atoms with Crippen LogP contribution in [0, 0.1) is 11.6 Å². The maximum Gasteiger partial charge on any atom is 0.132 e. The van der Waals surface area contributed by atoms with E-state index in [1.807, 2.05) is 0 Å². The van der Waals surface area contributed by atoms with Gasteiger partial charge in [0.15, 0.2) is 0 Å². The van der Waals surface area contributed by atoms with Crippen molar-refractivity contribution in [2.75, 3.05) is 12.5 Å². The topological polar surface area (TPSA) is 9.23 Å². The van der Waals surface area contributed by atoms with Crippen LogP contribution in [0.3, 0.4) is 0 Å². The van der Waals surface area contributed by atoms with E-state index in [1.165, 1.54) is 12.1 Å². The van der Waals surface area contributed by atoms with Gasteiger partial charge in [0, 0.05) is 17.7 Å². The van der Waals surface area contributed by atoms with Crippen LogP contribution in [-0.4, -0.2) is 12.5 Å². The maximum absolute atomic E-state index is 13.2. The molecule has 0 heterocycles. The molecular weight excluding hydrogens is 210 g/mol. The van der Waals surface area contributed by atoms with E-state index in [2.05, 4.69) is 0 Å². The Balaban J connectivity index is 2.90. The van der Waals surface area contributed by atoms with Crippen LogP contribution in [0.5, 0.6) is 5.75 Å². The summed E-state index contributed by atoms with van der Waals surface area (Å²) in [6.07, 6.45) is 0.327. The molecule has 0 N–H and O–H groups in total. The molecule has 1 aromatic rings. The molecule has 0 saturated carbocycles. The van der Waals surface area contributed by atoms with Gasteiger partial charge in [0.25, 0.3) is 0 Å². The minimum atomic E-state index is -0.572. The number of alkyl halides is 1. The summed E-state index contributed by atoms with van der Waals surface area (Å²) >= 11 is 5.38. The normalized spacial score (nSPS) is 10.3. The van der Waals surface area contributed by atoms with Crippen molar-refractivity contribution in [1.82, 2.24) is 0 Å². The fourth-order valence-electron chi connectivity index (χ4n) is 1.16. The lowest BCUT2D eigenvalue weighted by Gasteiger charge is -2.07. The first kappa shape index (κ1) is 11.2. The smallest absolute Gasteiger partial charge is 0.132 e. The zero-order valence-corrected chi connectivity index (χ0v) is 8.57. The van der Waals surface area contributed by atoms with Gasteiger partial charge in [0.1, 0.15) is 24.0 Å². The zero-order valence-electron chi connectivity index (χ0n) is 7.82. The Bertz CT molecular complexity index is 292. The number of halogens is 3. The fraction of sp³-hybridized carbons (Fsp3) is 0.400. The van der Waals surface area contributed by atoms with E-state index in [-0.39, 0.29) is 17.9 Å². The van der Waals surface area contributed by atoms with Crippen LogP contribution in [0.2, 0.25) is 0 Å². The molecule has 0 amide bonds. The first-order valence-corrected chi connectivity index (χ1v) is 4.89. The third-order valence-corrected chi connectivity index (χ3v) is 1.97. The Kier molecular flexibility index (Phi) is 4.14. The van der Waals surface area contributed by atoms with Crippen molar-refractivity contribution in [3.63, 3.8) is 0 Å². The number of rotatable bonds is 4. The summed E-state index contributed by atoms with van der Waals surface area (Å²) in [7, 11) is 0. The van der Waals surface area contributed by atoms with Crippen LogP contribution in [0.25, 0.3) is 0 Å². The van der Waals surface area contributed by atoms with E-state index >= 15 is 0 Å². The second-order valence-corrected chi connectivity index (χ2v) is 3.13. The van der Waals surface area contributed by atoms with Gasteiger partial charge in [-0.25, -0.2) is 8.78 Å². The monoisotopic (exact) mass is 220 g/mol. The van der Waals surface area contributed by atoms with Crippen LogP contribution in [0.4, 0.5) is 8.78 Å². The van der Waals surface area contributed by atoms with Gasteiger partial charge in [-0.05, 0) is 6.42 Å². The van der Waals surface area contributed by atoms with Crippen molar-refractivity contribution >= 4 is 11.6 Å². The van der Waals surface area contributed by atoms with Crippen molar-refractivity contribution < 1.29 is 13.5 Å². The van der Waals surface area contributed by atoms with Gasteiger partial charge >= 0.3 is 0 Å². The molecule has 78 valence electrons. The van der Waals surface area contributed by atoms with Gasteiger partial charge < -0.3 is 4.74 Å². The van der Waals surface area contributed by atoms with Gasteiger partial charge in [0.05, 0.1) is 5.88 Å². The summed E-state index contributed by atoms with van der Waals surface area (Å²) in [5, 5.41) is 0.